The van der Waals surface area contributed by atoms with Crippen LogP contribution in [0.2, 0.25) is 0 Å². The number of aromatic nitrogens is 2. The van der Waals surface area contributed by atoms with E-state index in [0.29, 0.717) is 23.3 Å². The third-order valence-corrected chi connectivity index (χ3v) is 10.1. The van der Waals surface area contributed by atoms with E-state index in [0.717, 1.165) is 56.6 Å². The third-order valence-electron chi connectivity index (χ3n) is 10.1. The number of allylic oxidation sites excluding steroid dienone is 3. The average Bonchev–Trinajstić information content (AvgIpc) is 3.72. The van der Waals surface area contributed by atoms with Crippen LogP contribution in [-0.2, 0) is 25.5 Å². The summed E-state index contributed by atoms with van der Waals surface area (Å²) in [7, 11) is 1.29. The number of carboxylic acids is 1. The highest BCUT2D eigenvalue weighted by Crippen LogP contribution is 2.48. The molecule has 2 aromatic heterocycles. The number of hydrogen-bond acceptors (Lipinski definition) is 6. The van der Waals surface area contributed by atoms with Crippen molar-refractivity contribution >= 4 is 42.0 Å². The molecule has 44 heavy (non-hydrogen) atoms. The first-order chi connectivity index (χ1) is 21.0. The normalized spacial score (nSPS) is 29.6. The van der Waals surface area contributed by atoms with Crippen molar-refractivity contribution in [2.45, 2.75) is 59.9 Å². The number of methoxy groups -OCH3 is 1. The van der Waals surface area contributed by atoms with Gasteiger partial charge in [-0.25, -0.2) is 0 Å². The summed E-state index contributed by atoms with van der Waals surface area (Å²) >= 11 is 0. The quantitative estimate of drug-likeness (QED) is 0.255. The zero-order chi connectivity index (χ0) is 31.6. The molecule has 0 radical (unpaired) electrons. The van der Waals surface area contributed by atoms with Crippen LogP contribution in [-0.4, -0.2) is 45.9 Å². The number of carbonyl (C=O) groups is 3. The van der Waals surface area contributed by atoms with E-state index in [-0.39, 0.29) is 36.0 Å². The molecule has 1 unspecified atom stereocenters. The number of rotatable bonds is 6. The SMILES string of the molecule is C=Cc1c(C)/c2[nH]/c1=C\c1[nH]c(c(CC)c1C)/C=C1\NC3=C(C(=O)[C@H](C(=O)OC)/C3=C3/NC(\C=2)[C@@H](C)[C@@H]3CCC(=O)O)[C@@H]1C. The molecule has 9 nitrogen and oxygen atoms in total. The number of fused-ring (bicyclic) bond motifs is 7. The Bertz CT molecular complexity index is 1850. The number of H-pyrrole nitrogens is 2. The van der Waals surface area contributed by atoms with Gasteiger partial charge >= 0.3 is 11.9 Å². The Kier molecular flexibility index (Phi) is 7.30. The summed E-state index contributed by atoms with van der Waals surface area (Å²) in [5.41, 5.74) is 9.72. The van der Waals surface area contributed by atoms with Crippen LogP contribution >= 0.6 is 0 Å². The topological polar surface area (TPSA) is 136 Å². The molecule has 230 valence electrons. The molecule has 1 fully saturated rings. The Hall–Kier alpha value is -4.53. The smallest absolute Gasteiger partial charge is 0.321 e. The average molecular weight is 597 g/mol. The predicted octanol–water partition coefficient (Wildman–Crippen LogP) is 3.34. The van der Waals surface area contributed by atoms with E-state index >= 15 is 0 Å². The van der Waals surface area contributed by atoms with E-state index in [4.69, 9.17) is 4.74 Å². The minimum absolute atomic E-state index is 0.0263. The number of Topliss-reactive ketones (excluding diaryl/α,β-unsaturated/α-hetero) is 1. The van der Waals surface area contributed by atoms with E-state index in [2.05, 4.69) is 73.1 Å². The molecule has 9 heteroatoms. The molecule has 1 saturated heterocycles. The number of aromatic amines is 2. The lowest BCUT2D eigenvalue weighted by molar-refractivity contribution is -0.146. The lowest BCUT2D eigenvalue weighted by atomic mass is 9.83. The van der Waals surface area contributed by atoms with Gasteiger partial charge in [-0.15, -0.1) is 0 Å². The maximum absolute atomic E-state index is 14.0. The van der Waals surface area contributed by atoms with Gasteiger partial charge < -0.3 is 30.4 Å². The van der Waals surface area contributed by atoms with Crippen molar-refractivity contribution in [3.05, 3.63) is 79.2 Å². The van der Waals surface area contributed by atoms with Crippen molar-refractivity contribution in [3.63, 3.8) is 0 Å². The molecule has 0 spiro atoms. The fraction of sp³-hybridized carbons (Fsp3) is 0.400. The van der Waals surface area contributed by atoms with Crippen LogP contribution in [0.4, 0.5) is 0 Å². The van der Waals surface area contributed by atoms with Crippen LogP contribution < -0.4 is 21.3 Å². The summed E-state index contributed by atoms with van der Waals surface area (Å²) < 4.78 is 5.17. The molecule has 2 aromatic rings. The molecule has 6 rings (SSSR count). The first-order valence-electron chi connectivity index (χ1n) is 15.3. The molecular formula is C35H40N4O5. The fourth-order valence-electron chi connectivity index (χ4n) is 7.63. The third kappa shape index (κ3) is 4.40. The largest absolute Gasteiger partial charge is 0.481 e. The number of carboxylic acid groups (broad SMARTS) is 1. The molecule has 0 aromatic carbocycles. The van der Waals surface area contributed by atoms with E-state index in [1.165, 1.54) is 12.7 Å². The van der Waals surface area contributed by atoms with E-state index in [1.807, 2.05) is 13.0 Å². The Morgan fingerprint density at radius 3 is 2.48 bits per heavy atom. The van der Waals surface area contributed by atoms with Crippen molar-refractivity contribution < 1.29 is 24.2 Å². The van der Waals surface area contributed by atoms with Gasteiger partial charge in [0.15, 0.2) is 5.78 Å². The number of ketones is 1. The lowest BCUT2D eigenvalue weighted by Crippen LogP contribution is -2.31. The minimum Gasteiger partial charge on any atom is -0.481 e. The van der Waals surface area contributed by atoms with Crippen molar-refractivity contribution in [2.75, 3.05) is 7.11 Å². The van der Waals surface area contributed by atoms with Crippen molar-refractivity contribution in [2.24, 2.45) is 23.7 Å². The second-order valence-corrected chi connectivity index (χ2v) is 12.4. The monoisotopic (exact) mass is 596 g/mol. The van der Waals surface area contributed by atoms with Crippen molar-refractivity contribution in [3.8, 4) is 0 Å². The highest BCUT2D eigenvalue weighted by molar-refractivity contribution is 6.16. The summed E-state index contributed by atoms with van der Waals surface area (Å²) in [4.78, 5) is 46.3. The van der Waals surface area contributed by atoms with E-state index < -0.39 is 17.9 Å². The number of aliphatic carboxylic acids is 1. The van der Waals surface area contributed by atoms with Gasteiger partial charge in [0.25, 0.3) is 0 Å². The zero-order valence-corrected chi connectivity index (χ0v) is 26.1. The first kappa shape index (κ1) is 29.5. The zero-order valence-electron chi connectivity index (χ0n) is 26.1. The first-order valence-corrected chi connectivity index (χ1v) is 15.3. The lowest BCUT2D eigenvalue weighted by Gasteiger charge is -2.22. The predicted molar refractivity (Wildman–Crippen MR) is 169 cm³/mol. The molecule has 4 aliphatic rings. The highest BCUT2D eigenvalue weighted by Gasteiger charge is 2.52. The Morgan fingerprint density at radius 2 is 1.82 bits per heavy atom. The number of esters is 1. The van der Waals surface area contributed by atoms with Gasteiger partial charge in [0.05, 0.1) is 12.8 Å². The molecule has 8 bridgehead atoms. The molecule has 5 N–H and O–H groups in total. The highest BCUT2D eigenvalue weighted by atomic mass is 16.5. The van der Waals surface area contributed by atoms with Gasteiger partial charge in [-0.1, -0.05) is 33.4 Å². The number of hydrogen-bond donors (Lipinski definition) is 5. The van der Waals surface area contributed by atoms with Crippen LogP contribution in [0.1, 0.15) is 67.3 Å². The number of ether oxygens (including phenoxy) is 1. The van der Waals surface area contributed by atoms with Crippen LogP contribution in [0.15, 0.2) is 34.8 Å². The second-order valence-electron chi connectivity index (χ2n) is 12.4. The summed E-state index contributed by atoms with van der Waals surface area (Å²) in [6.45, 7) is 14.5. The van der Waals surface area contributed by atoms with Gasteiger partial charge in [0, 0.05) is 74.5 Å². The molecule has 1 aliphatic carbocycles. The maximum atomic E-state index is 14.0. The van der Waals surface area contributed by atoms with Crippen LogP contribution in [0.3, 0.4) is 0 Å². The van der Waals surface area contributed by atoms with Gasteiger partial charge in [-0.3, -0.25) is 14.4 Å². The van der Waals surface area contributed by atoms with E-state index in [1.54, 1.807) is 0 Å². The van der Waals surface area contributed by atoms with Crippen molar-refractivity contribution in [1.29, 1.82) is 0 Å². The summed E-state index contributed by atoms with van der Waals surface area (Å²) in [6.07, 6.45) is 9.35. The molecule has 0 amide bonds. The van der Waals surface area contributed by atoms with Crippen LogP contribution in [0.25, 0.3) is 24.3 Å². The Balaban J connectivity index is 1.67. The Labute approximate surface area is 256 Å². The van der Waals surface area contributed by atoms with Crippen LogP contribution in [0.5, 0.6) is 0 Å². The van der Waals surface area contributed by atoms with Crippen LogP contribution in [0, 0.1) is 37.5 Å². The Morgan fingerprint density at radius 1 is 1.07 bits per heavy atom. The second kappa shape index (κ2) is 10.9. The number of nitrogens with one attached hydrogen (secondary N) is 4. The van der Waals surface area contributed by atoms with Gasteiger partial charge in [-0.2, -0.15) is 0 Å². The van der Waals surface area contributed by atoms with E-state index in [9.17, 15) is 19.5 Å². The maximum Gasteiger partial charge on any atom is 0.321 e. The number of carbonyl (C=O) groups excluding carboxylic acids is 2. The fourth-order valence-corrected chi connectivity index (χ4v) is 7.63. The standard InChI is InChI=1S/C35H40N4O5/c1-8-19-15(3)22-12-24-17(5)21(10-11-28(40)41)32(38-24)30-31(35(43)44-7)34(42)29-18(6)25(39-33(29)30)14-27-20(9-2)16(4)23(37-27)13-26(19)36-22/h8,12-14,17-18,21,24,31,36-39H,1,9-11H2,2-7H3,(H,40,41)/b22-12-,25-14-,26-13-,32-30-/t17-,18+,21-,24?,31+/m0/s1. The summed E-state index contributed by atoms with van der Waals surface area (Å²) in [6, 6.07) is -0.190. The molecule has 5 atom stereocenters. The van der Waals surface area contributed by atoms with Gasteiger partial charge in [-0.05, 0) is 67.5 Å². The van der Waals surface area contributed by atoms with Crippen molar-refractivity contribution in [1.82, 2.24) is 20.6 Å². The van der Waals surface area contributed by atoms with Gasteiger partial charge in [0.2, 0.25) is 0 Å². The van der Waals surface area contributed by atoms with Gasteiger partial charge in [0.1, 0.15) is 5.92 Å². The molecular weight excluding hydrogens is 556 g/mol. The minimum atomic E-state index is -1.12. The molecule has 3 aliphatic heterocycles. The molecule has 0 saturated carbocycles. The summed E-state index contributed by atoms with van der Waals surface area (Å²) in [5, 5.41) is 18.7. The molecule has 5 heterocycles. The summed E-state index contributed by atoms with van der Waals surface area (Å²) in [5.74, 6) is -3.43.